The molecule has 1 fully saturated rings. The van der Waals surface area contributed by atoms with E-state index in [0.29, 0.717) is 18.4 Å². The lowest BCUT2D eigenvalue weighted by Gasteiger charge is -2.20. The van der Waals surface area contributed by atoms with Crippen molar-refractivity contribution in [3.8, 4) is 0 Å². The van der Waals surface area contributed by atoms with E-state index in [1.54, 1.807) is 7.11 Å². The minimum atomic E-state index is 0.371. The Balaban J connectivity index is 2.23. The van der Waals surface area contributed by atoms with Crippen LogP contribution in [0.3, 0.4) is 0 Å². The SMILES string of the molecule is CCCC(=O)CN(CCOC)C1CC1. The molecular formula is C11H21NO2. The van der Waals surface area contributed by atoms with Crippen molar-refractivity contribution in [1.82, 2.24) is 4.90 Å². The zero-order valence-corrected chi connectivity index (χ0v) is 9.29. The standard InChI is InChI=1S/C11H21NO2/c1-3-4-11(13)9-12(7-8-14-2)10-5-6-10/h10H,3-9H2,1-2H3. The third-order valence-corrected chi connectivity index (χ3v) is 2.55. The van der Waals surface area contributed by atoms with Crippen LogP contribution in [0.4, 0.5) is 0 Å². The predicted octanol–water partition coefficient (Wildman–Crippen LogP) is 1.47. The number of carbonyl (C=O) groups is 1. The Morgan fingerprint density at radius 1 is 1.50 bits per heavy atom. The number of rotatable bonds is 8. The summed E-state index contributed by atoms with van der Waals surface area (Å²) in [6.07, 6.45) is 4.18. The summed E-state index contributed by atoms with van der Waals surface area (Å²) in [5.74, 6) is 0.371. The fourth-order valence-electron chi connectivity index (χ4n) is 1.62. The summed E-state index contributed by atoms with van der Waals surface area (Å²) in [6, 6.07) is 0.658. The topological polar surface area (TPSA) is 29.5 Å². The molecule has 3 nitrogen and oxygen atoms in total. The van der Waals surface area contributed by atoms with E-state index < -0.39 is 0 Å². The zero-order valence-electron chi connectivity index (χ0n) is 9.29. The first-order chi connectivity index (χ1) is 6.77. The molecule has 0 bridgehead atoms. The van der Waals surface area contributed by atoms with Gasteiger partial charge >= 0.3 is 0 Å². The molecule has 0 aliphatic heterocycles. The minimum Gasteiger partial charge on any atom is -0.383 e. The van der Waals surface area contributed by atoms with Gasteiger partial charge in [0.05, 0.1) is 13.2 Å². The van der Waals surface area contributed by atoms with Gasteiger partial charge in [0.15, 0.2) is 0 Å². The van der Waals surface area contributed by atoms with Gasteiger partial charge in [-0.25, -0.2) is 0 Å². The van der Waals surface area contributed by atoms with Crippen molar-refractivity contribution >= 4 is 5.78 Å². The molecular weight excluding hydrogens is 178 g/mol. The van der Waals surface area contributed by atoms with Crippen LogP contribution >= 0.6 is 0 Å². The van der Waals surface area contributed by atoms with E-state index in [9.17, 15) is 4.79 Å². The van der Waals surface area contributed by atoms with Gasteiger partial charge in [0.1, 0.15) is 5.78 Å². The maximum atomic E-state index is 11.5. The Morgan fingerprint density at radius 2 is 2.21 bits per heavy atom. The molecule has 0 N–H and O–H groups in total. The molecule has 0 saturated heterocycles. The molecule has 0 aromatic heterocycles. The largest absolute Gasteiger partial charge is 0.383 e. The van der Waals surface area contributed by atoms with Gasteiger partial charge in [0.2, 0.25) is 0 Å². The monoisotopic (exact) mass is 199 g/mol. The summed E-state index contributed by atoms with van der Waals surface area (Å²) in [4.78, 5) is 13.7. The molecule has 1 saturated carbocycles. The first-order valence-corrected chi connectivity index (χ1v) is 5.52. The molecule has 0 heterocycles. The highest BCUT2D eigenvalue weighted by atomic mass is 16.5. The molecule has 3 heteroatoms. The van der Waals surface area contributed by atoms with Gasteiger partial charge in [-0.2, -0.15) is 0 Å². The predicted molar refractivity (Wildman–Crippen MR) is 56.4 cm³/mol. The first kappa shape index (κ1) is 11.7. The highest BCUT2D eigenvalue weighted by molar-refractivity contribution is 5.80. The molecule has 0 amide bonds. The molecule has 0 radical (unpaired) electrons. The van der Waals surface area contributed by atoms with Crippen LogP contribution in [0.2, 0.25) is 0 Å². The van der Waals surface area contributed by atoms with Crippen LogP contribution in [0.25, 0.3) is 0 Å². The van der Waals surface area contributed by atoms with Crippen molar-refractivity contribution in [2.45, 2.75) is 38.6 Å². The highest BCUT2D eigenvalue weighted by Gasteiger charge is 2.29. The summed E-state index contributed by atoms with van der Waals surface area (Å²) in [7, 11) is 1.71. The Bertz CT molecular complexity index is 178. The normalized spacial score (nSPS) is 16.2. The maximum absolute atomic E-state index is 11.5. The van der Waals surface area contributed by atoms with Crippen molar-refractivity contribution in [2.75, 3.05) is 26.8 Å². The van der Waals surface area contributed by atoms with Gasteiger partial charge < -0.3 is 4.74 Å². The van der Waals surface area contributed by atoms with Crippen molar-refractivity contribution in [3.05, 3.63) is 0 Å². The number of nitrogens with zero attached hydrogens (tertiary/aromatic N) is 1. The Labute approximate surface area is 86.4 Å². The lowest BCUT2D eigenvalue weighted by atomic mass is 10.2. The van der Waals surface area contributed by atoms with Gasteiger partial charge in [0.25, 0.3) is 0 Å². The molecule has 0 atom stereocenters. The van der Waals surface area contributed by atoms with Gasteiger partial charge in [-0.3, -0.25) is 9.69 Å². The Kier molecular flexibility index (Phi) is 5.12. The van der Waals surface area contributed by atoms with Crippen LogP contribution in [0, 0.1) is 0 Å². The van der Waals surface area contributed by atoms with Crippen LogP contribution < -0.4 is 0 Å². The smallest absolute Gasteiger partial charge is 0.146 e. The molecule has 1 aliphatic rings. The Hall–Kier alpha value is -0.410. The van der Waals surface area contributed by atoms with Gasteiger partial charge in [-0.05, 0) is 19.3 Å². The average molecular weight is 199 g/mol. The van der Waals surface area contributed by atoms with E-state index in [1.807, 2.05) is 0 Å². The molecule has 0 unspecified atom stereocenters. The van der Waals surface area contributed by atoms with E-state index >= 15 is 0 Å². The van der Waals surface area contributed by atoms with Crippen LogP contribution in [0.5, 0.6) is 0 Å². The number of Topliss-reactive ketones (excluding diaryl/α,β-unsaturated/α-hetero) is 1. The molecule has 0 aromatic carbocycles. The van der Waals surface area contributed by atoms with Crippen molar-refractivity contribution < 1.29 is 9.53 Å². The molecule has 82 valence electrons. The molecule has 0 spiro atoms. The number of ether oxygens (including phenoxy) is 1. The van der Waals surface area contributed by atoms with Gasteiger partial charge in [0, 0.05) is 26.1 Å². The molecule has 14 heavy (non-hydrogen) atoms. The second kappa shape index (κ2) is 6.14. The molecule has 1 rings (SSSR count). The van der Waals surface area contributed by atoms with Crippen molar-refractivity contribution in [1.29, 1.82) is 0 Å². The second-order valence-corrected chi connectivity index (χ2v) is 3.98. The summed E-state index contributed by atoms with van der Waals surface area (Å²) >= 11 is 0. The van der Waals surface area contributed by atoms with E-state index in [2.05, 4.69) is 11.8 Å². The van der Waals surface area contributed by atoms with E-state index in [4.69, 9.17) is 4.74 Å². The third kappa shape index (κ3) is 4.20. The lowest BCUT2D eigenvalue weighted by molar-refractivity contribution is -0.120. The fourth-order valence-corrected chi connectivity index (χ4v) is 1.62. The fraction of sp³-hybridized carbons (Fsp3) is 0.909. The minimum absolute atomic E-state index is 0.371. The van der Waals surface area contributed by atoms with Gasteiger partial charge in [-0.15, -0.1) is 0 Å². The van der Waals surface area contributed by atoms with E-state index in [0.717, 1.165) is 26.0 Å². The highest BCUT2D eigenvalue weighted by Crippen LogP contribution is 2.26. The second-order valence-electron chi connectivity index (χ2n) is 3.98. The van der Waals surface area contributed by atoms with Crippen LogP contribution in [0.1, 0.15) is 32.6 Å². The molecule has 0 aromatic rings. The quantitative estimate of drug-likeness (QED) is 0.593. The molecule has 1 aliphatic carbocycles. The van der Waals surface area contributed by atoms with E-state index in [1.165, 1.54) is 12.8 Å². The summed E-state index contributed by atoms with van der Waals surface area (Å²) in [6.45, 7) is 4.31. The van der Waals surface area contributed by atoms with Crippen LogP contribution in [-0.2, 0) is 9.53 Å². The number of methoxy groups -OCH3 is 1. The maximum Gasteiger partial charge on any atom is 0.146 e. The van der Waals surface area contributed by atoms with Gasteiger partial charge in [-0.1, -0.05) is 6.92 Å². The summed E-state index contributed by atoms with van der Waals surface area (Å²) in [5, 5.41) is 0. The summed E-state index contributed by atoms with van der Waals surface area (Å²) < 4.78 is 5.04. The number of ketones is 1. The average Bonchev–Trinajstić information content (AvgIpc) is 2.95. The van der Waals surface area contributed by atoms with Crippen molar-refractivity contribution in [3.63, 3.8) is 0 Å². The van der Waals surface area contributed by atoms with Crippen LogP contribution in [-0.4, -0.2) is 43.5 Å². The summed E-state index contributed by atoms with van der Waals surface area (Å²) in [5.41, 5.74) is 0. The van der Waals surface area contributed by atoms with Crippen LogP contribution in [0.15, 0.2) is 0 Å². The number of carbonyl (C=O) groups excluding carboxylic acids is 1. The van der Waals surface area contributed by atoms with E-state index in [-0.39, 0.29) is 0 Å². The first-order valence-electron chi connectivity index (χ1n) is 5.52. The third-order valence-electron chi connectivity index (χ3n) is 2.55. The number of hydrogen-bond donors (Lipinski definition) is 0. The lowest BCUT2D eigenvalue weighted by Crippen LogP contribution is -2.34. The number of hydrogen-bond acceptors (Lipinski definition) is 3. The Morgan fingerprint density at radius 3 is 2.71 bits per heavy atom. The van der Waals surface area contributed by atoms with Crippen molar-refractivity contribution in [2.24, 2.45) is 0 Å². The zero-order chi connectivity index (χ0) is 10.4.